The van der Waals surface area contributed by atoms with E-state index in [1.54, 1.807) is 7.11 Å². The highest BCUT2D eigenvalue weighted by atomic mass is 16.5. The second-order valence-corrected chi connectivity index (χ2v) is 5.56. The number of amides is 2. The monoisotopic (exact) mass is 270 g/mol. The van der Waals surface area contributed by atoms with Crippen molar-refractivity contribution >= 4 is 12.0 Å². The second kappa shape index (κ2) is 5.77. The highest BCUT2D eigenvalue weighted by Crippen LogP contribution is 2.30. The van der Waals surface area contributed by atoms with Crippen LogP contribution in [0.2, 0.25) is 0 Å². The van der Waals surface area contributed by atoms with Crippen LogP contribution in [0, 0.1) is 0 Å². The number of hydrogen-bond acceptors (Lipinski definition) is 3. The number of aliphatic carboxylic acids is 1. The molecule has 2 atom stereocenters. The summed E-state index contributed by atoms with van der Waals surface area (Å²) in [5.74, 6) is -0.929. The molecule has 2 unspecified atom stereocenters. The number of hydrogen-bond donors (Lipinski definition) is 3. The van der Waals surface area contributed by atoms with E-state index < -0.39 is 11.5 Å². The molecule has 3 N–H and O–H groups in total. The SMILES string of the molecule is COC1CCC(NC(=O)NC2(C(=O)O)CCCC2)C1. The Hall–Kier alpha value is -1.30. The minimum absolute atomic E-state index is 0.0807. The summed E-state index contributed by atoms with van der Waals surface area (Å²) in [5, 5.41) is 14.8. The van der Waals surface area contributed by atoms with Crippen molar-refractivity contribution in [2.75, 3.05) is 7.11 Å². The van der Waals surface area contributed by atoms with Crippen LogP contribution in [0.1, 0.15) is 44.9 Å². The Bertz CT molecular complexity index is 353. The molecular weight excluding hydrogens is 248 g/mol. The highest BCUT2D eigenvalue weighted by Gasteiger charge is 2.43. The van der Waals surface area contributed by atoms with Gasteiger partial charge in [-0.2, -0.15) is 0 Å². The lowest BCUT2D eigenvalue weighted by molar-refractivity contribution is -0.144. The zero-order valence-electron chi connectivity index (χ0n) is 11.3. The summed E-state index contributed by atoms with van der Waals surface area (Å²) < 4.78 is 5.25. The molecule has 2 saturated carbocycles. The van der Waals surface area contributed by atoms with Crippen LogP contribution in [0.4, 0.5) is 4.79 Å². The summed E-state index contributed by atoms with van der Waals surface area (Å²) >= 11 is 0. The molecule has 0 saturated heterocycles. The van der Waals surface area contributed by atoms with Gasteiger partial charge in [0, 0.05) is 13.2 Å². The van der Waals surface area contributed by atoms with Crippen LogP contribution >= 0.6 is 0 Å². The van der Waals surface area contributed by atoms with Crippen molar-refractivity contribution < 1.29 is 19.4 Å². The van der Waals surface area contributed by atoms with Crippen LogP contribution in [0.15, 0.2) is 0 Å². The summed E-state index contributed by atoms with van der Waals surface area (Å²) in [6.45, 7) is 0. The third-order valence-corrected chi connectivity index (χ3v) is 4.27. The van der Waals surface area contributed by atoms with Gasteiger partial charge in [0.05, 0.1) is 6.10 Å². The standard InChI is InChI=1S/C13H22N2O4/c1-19-10-5-4-9(8-10)14-12(18)15-13(11(16)17)6-2-3-7-13/h9-10H,2-8H2,1H3,(H,16,17)(H2,14,15,18). The van der Waals surface area contributed by atoms with E-state index in [4.69, 9.17) is 4.74 Å². The van der Waals surface area contributed by atoms with Crippen molar-refractivity contribution in [1.29, 1.82) is 0 Å². The fraction of sp³-hybridized carbons (Fsp3) is 0.846. The van der Waals surface area contributed by atoms with Crippen molar-refractivity contribution in [2.24, 2.45) is 0 Å². The summed E-state index contributed by atoms with van der Waals surface area (Å²) in [5.41, 5.74) is -1.07. The molecule has 2 rings (SSSR count). The molecule has 0 spiro atoms. The Morgan fingerprint density at radius 2 is 1.95 bits per heavy atom. The van der Waals surface area contributed by atoms with E-state index in [0.717, 1.165) is 32.1 Å². The average molecular weight is 270 g/mol. The van der Waals surface area contributed by atoms with E-state index in [-0.39, 0.29) is 18.2 Å². The molecule has 6 heteroatoms. The lowest BCUT2D eigenvalue weighted by Crippen LogP contribution is -2.56. The van der Waals surface area contributed by atoms with E-state index in [1.165, 1.54) is 0 Å². The normalized spacial score (nSPS) is 29.1. The van der Waals surface area contributed by atoms with E-state index in [0.29, 0.717) is 12.8 Å². The molecule has 0 radical (unpaired) electrons. The number of urea groups is 1. The van der Waals surface area contributed by atoms with Gasteiger partial charge in [-0.15, -0.1) is 0 Å². The predicted molar refractivity (Wildman–Crippen MR) is 68.9 cm³/mol. The first-order chi connectivity index (χ1) is 9.05. The van der Waals surface area contributed by atoms with Crippen molar-refractivity contribution in [2.45, 2.75) is 62.6 Å². The number of carbonyl (C=O) groups excluding carboxylic acids is 1. The topological polar surface area (TPSA) is 87.7 Å². The van der Waals surface area contributed by atoms with Crippen LogP contribution in [0.5, 0.6) is 0 Å². The number of carboxylic acids is 1. The van der Waals surface area contributed by atoms with Gasteiger partial charge in [-0.1, -0.05) is 12.8 Å². The van der Waals surface area contributed by atoms with Crippen LogP contribution in [-0.2, 0) is 9.53 Å². The summed E-state index contributed by atoms with van der Waals surface area (Å²) in [6, 6.07) is -0.289. The van der Waals surface area contributed by atoms with Crippen LogP contribution in [-0.4, -0.2) is 41.9 Å². The van der Waals surface area contributed by atoms with Gasteiger partial charge in [0.15, 0.2) is 0 Å². The number of nitrogens with one attached hydrogen (secondary N) is 2. The van der Waals surface area contributed by atoms with Crippen molar-refractivity contribution in [3.8, 4) is 0 Å². The molecule has 0 aromatic carbocycles. The van der Waals surface area contributed by atoms with Gasteiger partial charge in [0.1, 0.15) is 5.54 Å². The number of rotatable bonds is 4. The molecule has 0 bridgehead atoms. The first-order valence-electron chi connectivity index (χ1n) is 6.90. The quantitative estimate of drug-likeness (QED) is 0.717. The number of ether oxygens (including phenoxy) is 1. The van der Waals surface area contributed by atoms with Crippen LogP contribution in [0.3, 0.4) is 0 Å². The maximum atomic E-state index is 11.9. The third kappa shape index (κ3) is 3.18. The second-order valence-electron chi connectivity index (χ2n) is 5.56. The van der Waals surface area contributed by atoms with Gasteiger partial charge in [-0.05, 0) is 32.1 Å². The predicted octanol–water partition coefficient (Wildman–Crippen LogP) is 1.25. The molecule has 2 fully saturated rings. The molecule has 2 aliphatic carbocycles. The third-order valence-electron chi connectivity index (χ3n) is 4.27. The van der Waals surface area contributed by atoms with Crippen molar-refractivity contribution in [1.82, 2.24) is 10.6 Å². The average Bonchev–Trinajstić information content (AvgIpc) is 2.98. The summed E-state index contributed by atoms with van der Waals surface area (Å²) in [7, 11) is 1.67. The van der Waals surface area contributed by atoms with Gasteiger partial charge < -0.3 is 20.5 Å². The zero-order valence-corrected chi connectivity index (χ0v) is 11.3. The Morgan fingerprint density at radius 3 is 2.47 bits per heavy atom. The smallest absolute Gasteiger partial charge is 0.329 e. The van der Waals surface area contributed by atoms with Gasteiger partial charge >= 0.3 is 12.0 Å². The van der Waals surface area contributed by atoms with Crippen LogP contribution < -0.4 is 10.6 Å². The minimum atomic E-state index is -1.07. The maximum Gasteiger partial charge on any atom is 0.329 e. The highest BCUT2D eigenvalue weighted by molar-refractivity contribution is 5.86. The Kier molecular flexibility index (Phi) is 4.29. The molecule has 0 aromatic heterocycles. The largest absolute Gasteiger partial charge is 0.480 e. The Labute approximate surface area is 112 Å². The van der Waals surface area contributed by atoms with Crippen LogP contribution in [0.25, 0.3) is 0 Å². The zero-order chi connectivity index (χ0) is 13.9. The summed E-state index contributed by atoms with van der Waals surface area (Å²) in [4.78, 5) is 23.3. The van der Waals surface area contributed by atoms with Gasteiger partial charge in [0.25, 0.3) is 0 Å². The minimum Gasteiger partial charge on any atom is -0.480 e. The molecule has 19 heavy (non-hydrogen) atoms. The molecular formula is C13H22N2O4. The number of methoxy groups -OCH3 is 1. The lowest BCUT2D eigenvalue weighted by Gasteiger charge is -2.26. The molecule has 0 aliphatic heterocycles. The van der Waals surface area contributed by atoms with E-state index in [9.17, 15) is 14.7 Å². The van der Waals surface area contributed by atoms with Gasteiger partial charge in [0.2, 0.25) is 0 Å². The molecule has 6 nitrogen and oxygen atoms in total. The lowest BCUT2D eigenvalue weighted by atomic mass is 9.98. The van der Waals surface area contributed by atoms with E-state index >= 15 is 0 Å². The first kappa shape index (κ1) is 14.1. The molecule has 2 amide bonds. The number of carboxylic acid groups (broad SMARTS) is 1. The summed E-state index contributed by atoms with van der Waals surface area (Å²) in [6.07, 6.45) is 5.54. The fourth-order valence-corrected chi connectivity index (χ4v) is 3.09. The Balaban J connectivity index is 1.85. The number of carbonyl (C=O) groups is 2. The molecule has 0 heterocycles. The molecule has 2 aliphatic rings. The van der Waals surface area contributed by atoms with Gasteiger partial charge in [-0.3, -0.25) is 0 Å². The van der Waals surface area contributed by atoms with Gasteiger partial charge in [-0.25, -0.2) is 9.59 Å². The molecule has 108 valence electrons. The fourth-order valence-electron chi connectivity index (χ4n) is 3.09. The van der Waals surface area contributed by atoms with E-state index in [2.05, 4.69) is 10.6 Å². The van der Waals surface area contributed by atoms with E-state index in [1.807, 2.05) is 0 Å². The maximum absolute atomic E-state index is 11.9. The van der Waals surface area contributed by atoms with Crippen molar-refractivity contribution in [3.05, 3.63) is 0 Å². The Morgan fingerprint density at radius 1 is 1.26 bits per heavy atom. The van der Waals surface area contributed by atoms with Crippen molar-refractivity contribution in [3.63, 3.8) is 0 Å². The molecule has 0 aromatic rings. The first-order valence-corrected chi connectivity index (χ1v) is 6.90.